The van der Waals surface area contributed by atoms with Crippen molar-refractivity contribution in [2.75, 3.05) is 0 Å². The molecule has 1 aliphatic carbocycles. The Balaban J connectivity index is 0.00000121. The Kier molecular flexibility index (Phi) is 8.95. The Bertz CT molecular complexity index is 906. The molecule has 135 valence electrons. The molecule has 3 aromatic carbocycles. The maximum absolute atomic E-state index is 2.89. The van der Waals surface area contributed by atoms with Crippen LogP contribution in [0.4, 0.5) is 0 Å². The summed E-state index contributed by atoms with van der Waals surface area (Å²) in [5, 5.41) is 0. The molecule has 0 aliphatic heterocycles. The second kappa shape index (κ2) is 10.2. The van der Waals surface area contributed by atoms with Crippen molar-refractivity contribution in [3.8, 4) is 0 Å². The standard InChI is InChI=1S/C23H17.3ClH.V/c1-4-10-18(11-5-1)21-16-22(19-12-6-2-7-13-19)23(17-21)20-14-8-3-9-15-20;;;;/h1-17H;3*1H;/q;;;;+3/p-3. The molecule has 27 heavy (non-hydrogen) atoms. The van der Waals surface area contributed by atoms with Crippen molar-refractivity contribution in [2.45, 2.75) is 4.13 Å². The zero-order valence-electron chi connectivity index (χ0n) is 14.4. The van der Waals surface area contributed by atoms with Gasteiger partial charge in [0, 0.05) is 0 Å². The van der Waals surface area contributed by atoms with E-state index in [9.17, 15) is 0 Å². The van der Waals surface area contributed by atoms with Gasteiger partial charge >= 0.3 is 153 Å². The zero-order chi connectivity index (χ0) is 16.4. The first-order chi connectivity index (χ1) is 11.8. The van der Waals surface area contributed by atoms with Crippen LogP contribution in [0.3, 0.4) is 0 Å². The molecule has 1 atom stereocenters. The minimum absolute atomic E-state index is 0. The molecule has 1 aliphatic rings. The van der Waals surface area contributed by atoms with Crippen LogP contribution in [0.5, 0.6) is 0 Å². The molecule has 0 saturated carbocycles. The van der Waals surface area contributed by atoms with E-state index in [1.165, 1.54) is 27.8 Å². The molecule has 0 nitrogen and oxygen atoms in total. The fraction of sp³-hybridized carbons (Fsp3) is 0.0435. The Hall–Kier alpha value is -1.41. The molecule has 4 heteroatoms. The predicted octanol–water partition coefficient (Wildman–Crippen LogP) is -3.38. The third kappa shape index (κ3) is 4.72. The molecule has 0 fully saturated rings. The van der Waals surface area contributed by atoms with Gasteiger partial charge in [-0.3, -0.25) is 0 Å². The molecule has 0 radical (unpaired) electrons. The molecule has 1 unspecified atom stereocenters. The Morgan fingerprint density at radius 2 is 1.00 bits per heavy atom. The Labute approximate surface area is 189 Å². The summed E-state index contributed by atoms with van der Waals surface area (Å²) in [6.45, 7) is 0. The molecular formula is C23H17Cl3V. The van der Waals surface area contributed by atoms with Gasteiger partial charge in [-0.25, -0.2) is 0 Å². The normalized spacial score (nSPS) is 17.6. The van der Waals surface area contributed by atoms with Crippen molar-refractivity contribution in [2.24, 2.45) is 0 Å². The van der Waals surface area contributed by atoms with E-state index >= 15 is 0 Å². The molecule has 3 aromatic rings. The van der Waals surface area contributed by atoms with E-state index < -0.39 is 0 Å². The van der Waals surface area contributed by atoms with Crippen molar-refractivity contribution in [3.63, 3.8) is 0 Å². The van der Waals surface area contributed by atoms with Gasteiger partial charge in [0.15, 0.2) is 0 Å². The van der Waals surface area contributed by atoms with Crippen LogP contribution in [-0.4, -0.2) is 0 Å². The van der Waals surface area contributed by atoms with Crippen LogP contribution in [0.2, 0.25) is 0 Å². The third-order valence-corrected chi connectivity index (χ3v) is 5.46. The number of rotatable bonds is 3. The van der Waals surface area contributed by atoms with E-state index in [-0.39, 0.29) is 41.3 Å². The second-order valence-corrected chi connectivity index (χ2v) is 7.12. The molecule has 0 bridgehead atoms. The number of hydrogen-bond donors (Lipinski definition) is 0. The van der Waals surface area contributed by atoms with Gasteiger partial charge in [-0.05, 0) is 0 Å². The summed E-state index contributed by atoms with van der Waals surface area (Å²) in [7, 11) is 0. The number of allylic oxidation sites excluding steroid dienone is 4. The average molecular weight is 451 g/mol. The second-order valence-electron chi connectivity index (χ2n) is 6.02. The number of hydrogen-bond acceptors (Lipinski definition) is 0. The molecule has 0 heterocycles. The summed E-state index contributed by atoms with van der Waals surface area (Å²) < 4.78 is -0.180. The van der Waals surface area contributed by atoms with Gasteiger partial charge in [0.1, 0.15) is 0 Å². The number of benzene rings is 3. The van der Waals surface area contributed by atoms with Gasteiger partial charge in [-0.2, -0.15) is 0 Å². The van der Waals surface area contributed by atoms with E-state index in [0.29, 0.717) is 0 Å². The van der Waals surface area contributed by atoms with E-state index in [1.54, 1.807) is 0 Å². The molecule has 0 N–H and O–H groups in total. The quantitative estimate of drug-likeness (QED) is 0.391. The summed E-state index contributed by atoms with van der Waals surface area (Å²) in [5.41, 5.74) is 6.43. The van der Waals surface area contributed by atoms with Crippen LogP contribution < -0.4 is 37.2 Å². The molecule has 4 rings (SSSR count). The van der Waals surface area contributed by atoms with Crippen molar-refractivity contribution in [1.82, 2.24) is 0 Å². The summed E-state index contributed by atoms with van der Waals surface area (Å²) in [5.74, 6) is 0. The van der Waals surface area contributed by atoms with Crippen LogP contribution in [0.25, 0.3) is 11.1 Å². The van der Waals surface area contributed by atoms with Crippen LogP contribution >= 0.6 is 0 Å². The molecule has 0 spiro atoms. The average Bonchev–Trinajstić information content (AvgIpc) is 3.03. The number of halogens is 3. The third-order valence-electron chi connectivity index (χ3n) is 4.48. The SMILES string of the molecule is [Cl-].[Cl-].[Cl-].[V+3][C]1(c2ccccc2)C=C(c2ccccc2)C=C1c1ccccc1. The summed E-state index contributed by atoms with van der Waals surface area (Å²) in [6.07, 6.45) is 4.70. The van der Waals surface area contributed by atoms with Gasteiger partial charge in [0.2, 0.25) is 0 Å². The first-order valence-electron chi connectivity index (χ1n) is 8.11. The Morgan fingerprint density at radius 1 is 0.556 bits per heavy atom. The van der Waals surface area contributed by atoms with Crippen LogP contribution in [-0.2, 0) is 21.6 Å². The van der Waals surface area contributed by atoms with E-state index in [2.05, 4.69) is 121 Å². The maximum atomic E-state index is 2.89. The zero-order valence-corrected chi connectivity index (χ0v) is 18.1. The Morgan fingerprint density at radius 3 is 1.52 bits per heavy atom. The topological polar surface area (TPSA) is 0 Å². The molecule has 0 saturated heterocycles. The van der Waals surface area contributed by atoms with Crippen molar-refractivity contribution >= 4 is 11.1 Å². The van der Waals surface area contributed by atoms with E-state index in [1.807, 2.05) is 0 Å². The van der Waals surface area contributed by atoms with Crippen molar-refractivity contribution < 1.29 is 54.6 Å². The van der Waals surface area contributed by atoms with Crippen molar-refractivity contribution in [1.29, 1.82) is 0 Å². The van der Waals surface area contributed by atoms with E-state index in [4.69, 9.17) is 0 Å². The van der Waals surface area contributed by atoms with Crippen LogP contribution in [0.1, 0.15) is 16.7 Å². The molecular weight excluding hydrogens is 434 g/mol. The fourth-order valence-corrected chi connectivity index (χ4v) is 4.01. The first-order valence-corrected chi connectivity index (χ1v) is 8.81. The fourth-order valence-electron chi connectivity index (χ4n) is 3.26. The van der Waals surface area contributed by atoms with Crippen molar-refractivity contribution in [3.05, 3.63) is 120 Å². The minimum atomic E-state index is -0.180. The summed E-state index contributed by atoms with van der Waals surface area (Å²) in [6, 6.07) is 32.0. The van der Waals surface area contributed by atoms with Gasteiger partial charge < -0.3 is 37.2 Å². The van der Waals surface area contributed by atoms with Crippen LogP contribution in [0, 0.1) is 0 Å². The molecule has 0 aromatic heterocycles. The van der Waals surface area contributed by atoms with Gasteiger partial charge in [-0.1, -0.05) is 0 Å². The van der Waals surface area contributed by atoms with E-state index in [0.717, 1.165) is 0 Å². The van der Waals surface area contributed by atoms with Gasteiger partial charge in [0.05, 0.1) is 0 Å². The van der Waals surface area contributed by atoms with Gasteiger partial charge in [0.25, 0.3) is 0 Å². The molecule has 0 amide bonds. The first kappa shape index (κ1) is 23.6. The monoisotopic (exact) mass is 449 g/mol. The van der Waals surface area contributed by atoms with Crippen LogP contribution in [0.15, 0.2) is 103 Å². The van der Waals surface area contributed by atoms with Gasteiger partial charge in [-0.15, -0.1) is 0 Å². The summed E-state index contributed by atoms with van der Waals surface area (Å²) >= 11 is 2.89. The summed E-state index contributed by atoms with van der Waals surface area (Å²) in [4.78, 5) is 0. The predicted molar refractivity (Wildman–Crippen MR) is 97.0 cm³/mol.